The molecule has 0 saturated carbocycles. The van der Waals surface area contributed by atoms with E-state index in [2.05, 4.69) is 0 Å². The number of anilines is 1. The van der Waals surface area contributed by atoms with E-state index in [0.29, 0.717) is 6.54 Å². The van der Waals surface area contributed by atoms with E-state index in [0.717, 1.165) is 11.4 Å². The van der Waals surface area contributed by atoms with Gasteiger partial charge in [-0.2, -0.15) is 0 Å². The smallest absolute Gasteiger partial charge is 0.311 e. The van der Waals surface area contributed by atoms with Gasteiger partial charge < -0.3 is 14.4 Å². The maximum atomic E-state index is 12.0. The molecule has 0 aromatic heterocycles. The molecule has 0 N–H and O–H groups in total. The van der Waals surface area contributed by atoms with Crippen LogP contribution in [0.5, 0.6) is 5.75 Å². The fourth-order valence-electron chi connectivity index (χ4n) is 2.26. The summed E-state index contributed by atoms with van der Waals surface area (Å²) < 4.78 is 10.2. The molecule has 1 atom stereocenters. The molecule has 20 heavy (non-hydrogen) atoms. The number of nitrogens with zero attached hydrogens (tertiary/aromatic N) is 1. The molecule has 2 rings (SSSR count). The Kier molecular flexibility index (Phi) is 4.27. The third kappa shape index (κ3) is 3.10. The molecule has 1 amide bonds. The second-order valence-corrected chi connectivity index (χ2v) is 5.09. The van der Waals surface area contributed by atoms with Gasteiger partial charge in [0.15, 0.2) is 0 Å². The van der Waals surface area contributed by atoms with E-state index >= 15 is 0 Å². The molecule has 0 aliphatic carbocycles. The molecule has 0 spiro atoms. The number of hydrogen-bond acceptors (Lipinski definition) is 4. The third-order valence-corrected chi connectivity index (χ3v) is 3.18. The molecule has 1 aliphatic heterocycles. The first kappa shape index (κ1) is 14.4. The van der Waals surface area contributed by atoms with Crippen LogP contribution in [0.4, 0.5) is 5.69 Å². The monoisotopic (exact) mass is 277 g/mol. The summed E-state index contributed by atoms with van der Waals surface area (Å²) in [5, 5.41) is 0. The summed E-state index contributed by atoms with van der Waals surface area (Å²) >= 11 is 0. The first-order chi connectivity index (χ1) is 9.51. The highest BCUT2D eigenvalue weighted by atomic mass is 16.5. The number of hydrogen-bond donors (Lipinski definition) is 0. The van der Waals surface area contributed by atoms with E-state index in [1.165, 1.54) is 7.11 Å². The Balaban J connectivity index is 2.08. The molecule has 1 saturated heterocycles. The van der Waals surface area contributed by atoms with Crippen molar-refractivity contribution in [1.29, 1.82) is 0 Å². The molecule has 5 nitrogen and oxygen atoms in total. The molecule has 5 heteroatoms. The maximum absolute atomic E-state index is 12.0. The number of methoxy groups -OCH3 is 1. The van der Waals surface area contributed by atoms with E-state index < -0.39 is 0 Å². The minimum atomic E-state index is -0.376. The Labute approximate surface area is 118 Å². The minimum Gasteiger partial charge on any atom is -0.491 e. The van der Waals surface area contributed by atoms with E-state index in [4.69, 9.17) is 9.47 Å². The zero-order chi connectivity index (χ0) is 14.7. The van der Waals surface area contributed by atoms with Crippen LogP contribution in [0, 0.1) is 5.92 Å². The molecule has 1 fully saturated rings. The SMILES string of the molecule is COC(=O)C1CC(=O)N(c2ccc(OC(C)C)cc2)C1. The van der Waals surface area contributed by atoms with Gasteiger partial charge in [0.25, 0.3) is 0 Å². The number of ether oxygens (including phenoxy) is 2. The van der Waals surface area contributed by atoms with Gasteiger partial charge in [-0.25, -0.2) is 0 Å². The summed E-state index contributed by atoms with van der Waals surface area (Å²) in [6.45, 7) is 4.29. The maximum Gasteiger partial charge on any atom is 0.311 e. The fourth-order valence-corrected chi connectivity index (χ4v) is 2.26. The highest BCUT2D eigenvalue weighted by molar-refractivity contribution is 5.99. The van der Waals surface area contributed by atoms with Gasteiger partial charge in [-0.15, -0.1) is 0 Å². The molecule has 1 aromatic carbocycles. The van der Waals surface area contributed by atoms with E-state index in [-0.39, 0.29) is 30.3 Å². The zero-order valence-electron chi connectivity index (χ0n) is 12.0. The van der Waals surface area contributed by atoms with Gasteiger partial charge >= 0.3 is 5.97 Å². The highest BCUT2D eigenvalue weighted by Gasteiger charge is 2.35. The van der Waals surface area contributed by atoms with Crippen LogP contribution in [0.3, 0.4) is 0 Å². The molecule has 1 heterocycles. The lowest BCUT2D eigenvalue weighted by atomic mass is 10.1. The quantitative estimate of drug-likeness (QED) is 0.790. The summed E-state index contributed by atoms with van der Waals surface area (Å²) in [6, 6.07) is 7.31. The molecule has 1 unspecified atom stereocenters. The summed E-state index contributed by atoms with van der Waals surface area (Å²) in [5.74, 6) is -0.00227. The van der Waals surface area contributed by atoms with E-state index in [9.17, 15) is 9.59 Å². The van der Waals surface area contributed by atoms with Crippen molar-refractivity contribution in [2.24, 2.45) is 5.92 Å². The molecule has 0 radical (unpaired) electrons. The first-order valence-corrected chi connectivity index (χ1v) is 6.66. The van der Waals surface area contributed by atoms with Crippen molar-refractivity contribution >= 4 is 17.6 Å². The summed E-state index contributed by atoms with van der Waals surface area (Å²) in [7, 11) is 1.34. The normalized spacial score (nSPS) is 18.5. The van der Waals surface area contributed by atoms with Crippen molar-refractivity contribution in [1.82, 2.24) is 0 Å². The van der Waals surface area contributed by atoms with E-state index in [1.54, 1.807) is 4.90 Å². The van der Waals surface area contributed by atoms with Crippen molar-refractivity contribution in [2.75, 3.05) is 18.6 Å². The summed E-state index contributed by atoms with van der Waals surface area (Å²) in [5.41, 5.74) is 0.775. The molecule has 108 valence electrons. The topological polar surface area (TPSA) is 55.8 Å². The van der Waals surface area contributed by atoms with Crippen molar-refractivity contribution in [3.05, 3.63) is 24.3 Å². The largest absolute Gasteiger partial charge is 0.491 e. The van der Waals surface area contributed by atoms with Gasteiger partial charge in [0.05, 0.1) is 19.1 Å². The number of benzene rings is 1. The summed E-state index contributed by atoms with van der Waals surface area (Å²) in [4.78, 5) is 25.1. The Bertz CT molecular complexity index is 495. The van der Waals surface area contributed by atoms with Crippen LogP contribution in [-0.4, -0.2) is 31.6 Å². The van der Waals surface area contributed by atoms with Crippen LogP contribution in [-0.2, 0) is 14.3 Å². The predicted octanol–water partition coefficient (Wildman–Crippen LogP) is 2.00. The van der Waals surface area contributed by atoms with Crippen LogP contribution in [0.2, 0.25) is 0 Å². The number of carbonyl (C=O) groups excluding carboxylic acids is 2. The number of rotatable bonds is 4. The Morgan fingerprint density at radius 1 is 1.30 bits per heavy atom. The second kappa shape index (κ2) is 5.94. The van der Waals surface area contributed by atoms with Gasteiger partial charge in [-0.1, -0.05) is 0 Å². The van der Waals surface area contributed by atoms with Crippen molar-refractivity contribution in [3.8, 4) is 5.75 Å². The molecule has 1 aromatic rings. The summed E-state index contributed by atoms with van der Waals surface area (Å²) in [6.07, 6.45) is 0.315. The van der Waals surface area contributed by atoms with Gasteiger partial charge in [0.2, 0.25) is 5.91 Å². The van der Waals surface area contributed by atoms with E-state index in [1.807, 2.05) is 38.1 Å². The average molecular weight is 277 g/mol. The number of amides is 1. The Morgan fingerprint density at radius 3 is 2.50 bits per heavy atom. The Morgan fingerprint density at radius 2 is 1.95 bits per heavy atom. The predicted molar refractivity (Wildman–Crippen MR) is 74.7 cm³/mol. The van der Waals surface area contributed by atoms with Crippen molar-refractivity contribution in [2.45, 2.75) is 26.4 Å². The van der Waals surface area contributed by atoms with Crippen LogP contribution in [0.25, 0.3) is 0 Å². The highest BCUT2D eigenvalue weighted by Crippen LogP contribution is 2.27. The first-order valence-electron chi connectivity index (χ1n) is 6.66. The number of esters is 1. The molecule has 1 aliphatic rings. The lowest BCUT2D eigenvalue weighted by Crippen LogP contribution is -2.26. The zero-order valence-corrected chi connectivity index (χ0v) is 12.0. The lowest BCUT2D eigenvalue weighted by Gasteiger charge is -2.17. The average Bonchev–Trinajstić information content (AvgIpc) is 2.80. The van der Waals surface area contributed by atoms with Gasteiger partial charge in [0, 0.05) is 18.7 Å². The molecular weight excluding hydrogens is 258 g/mol. The number of carbonyl (C=O) groups is 2. The lowest BCUT2D eigenvalue weighted by molar-refractivity contribution is -0.145. The Hall–Kier alpha value is -2.04. The van der Waals surface area contributed by atoms with Gasteiger partial charge in [-0.05, 0) is 38.1 Å². The van der Waals surface area contributed by atoms with Crippen LogP contribution < -0.4 is 9.64 Å². The molecule has 0 bridgehead atoms. The van der Waals surface area contributed by atoms with Gasteiger partial charge in [-0.3, -0.25) is 9.59 Å². The van der Waals surface area contributed by atoms with Crippen LogP contribution in [0.15, 0.2) is 24.3 Å². The van der Waals surface area contributed by atoms with Crippen LogP contribution >= 0.6 is 0 Å². The van der Waals surface area contributed by atoms with Crippen molar-refractivity contribution in [3.63, 3.8) is 0 Å². The standard InChI is InChI=1S/C15H19NO4/c1-10(2)20-13-6-4-12(5-7-13)16-9-11(8-14(16)17)15(18)19-3/h4-7,10-11H,8-9H2,1-3H3. The second-order valence-electron chi connectivity index (χ2n) is 5.09. The fraction of sp³-hybridized carbons (Fsp3) is 0.467. The molecular formula is C15H19NO4. The van der Waals surface area contributed by atoms with Crippen molar-refractivity contribution < 1.29 is 19.1 Å². The van der Waals surface area contributed by atoms with Gasteiger partial charge in [0.1, 0.15) is 5.75 Å². The van der Waals surface area contributed by atoms with Crippen LogP contribution in [0.1, 0.15) is 20.3 Å². The third-order valence-electron chi connectivity index (χ3n) is 3.18. The minimum absolute atomic E-state index is 0.0575.